The summed E-state index contributed by atoms with van der Waals surface area (Å²) >= 11 is 1.57. The van der Waals surface area contributed by atoms with E-state index in [0.29, 0.717) is 23.4 Å². The van der Waals surface area contributed by atoms with Gasteiger partial charge in [0.05, 0.1) is 5.56 Å². The van der Waals surface area contributed by atoms with Crippen LogP contribution in [0.15, 0.2) is 53.4 Å². The standard InChI is InChI=1S/C19H20N2O4S/c1-3-20-18(23)14-5-4-6-15(11-14)21-17(22)12-25-19(24)13-7-9-16(26-2)10-8-13/h4-11H,3,12H2,1-2H3,(H,20,23)(H,21,22). The maximum absolute atomic E-state index is 12.0. The third-order valence-electron chi connectivity index (χ3n) is 3.41. The average Bonchev–Trinajstić information content (AvgIpc) is 2.66. The molecule has 26 heavy (non-hydrogen) atoms. The van der Waals surface area contributed by atoms with E-state index in [9.17, 15) is 14.4 Å². The Morgan fingerprint density at radius 3 is 2.42 bits per heavy atom. The summed E-state index contributed by atoms with van der Waals surface area (Å²) in [4.78, 5) is 36.8. The van der Waals surface area contributed by atoms with Crippen molar-refractivity contribution in [3.63, 3.8) is 0 Å². The Morgan fingerprint density at radius 1 is 1.04 bits per heavy atom. The lowest BCUT2D eigenvalue weighted by Crippen LogP contribution is -2.23. The zero-order valence-corrected chi connectivity index (χ0v) is 15.4. The van der Waals surface area contributed by atoms with Gasteiger partial charge in [0.25, 0.3) is 11.8 Å². The van der Waals surface area contributed by atoms with E-state index in [1.807, 2.05) is 25.3 Å². The van der Waals surface area contributed by atoms with Crippen molar-refractivity contribution >= 4 is 35.2 Å². The monoisotopic (exact) mass is 372 g/mol. The fraction of sp³-hybridized carbons (Fsp3) is 0.211. The second-order valence-corrected chi connectivity index (χ2v) is 6.17. The molecule has 0 bridgehead atoms. The lowest BCUT2D eigenvalue weighted by molar-refractivity contribution is -0.119. The number of amides is 2. The number of rotatable bonds is 7. The van der Waals surface area contributed by atoms with Crippen molar-refractivity contribution in [2.24, 2.45) is 0 Å². The lowest BCUT2D eigenvalue weighted by atomic mass is 10.2. The quantitative estimate of drug-likeness (QED) is 0.577. The van der Waals surface area contributed by atoms with E-state index < -0.39 is 18.5 Å². The summed E-state index contributed by atoms with van der Waals surface area (Å²) in [7, 11) is 0. The summed E-state index contributed by atoms with van der Waals surface area (Å²) in [6.07, 6.45) is 1.94. The number of hydrogen-bond donors (Lipinski definition) is 2. The number of carbonyl (C=O) groups is 3. The minimum Gasteiger partial charge on any atom is -0.452 e. The summed E-state index contributed by atoms with van der Waals surface area (Å²) < 4.78 is 5.01. The molecule has 0 spiro atoms. The average molecular weight is 372 g/mol. The van der Waals surface area contributed by atoms with Gasteiger partial charge in [0.1, 0.15) is 0 Å². The van der Waals surface area contributed by atoms with Crippen molar-refractivity contribution in [1.82, 2.24) is 5.32 Å². The van der Waals surface area contributed by atoms with E-state index in [4.69, 9.17) is 4.74 Å². The Balaban J connectivity index is 1.89. The van der Waals surface area contributed by atoms with E-state index >= 15 is 0 Å². The fourth-order valence-corrected chi connectivity index (χ4v) is 2.55. The third kappa shape index (κ3) is 5.63. The second-order valence-electron chi connectivity index (χ2n) is 5.29. The molecular weight excluding hydrogens is 352 g/mol. The first-order valence-electron chi connectivity index (χ1n) is 8.02. The highest BCUT2D eigenvalue weighted by Gasteiger charge is 2.11. The number of esters is 1. The highest BCUT2D eigenvalue weighted by molar-refractivity contribution is 7.98. The first-order valence-corrected chi connectivity index (χ1v) is 9.25. The Labute approximate surface area is 156 Å². The van der Waals surface area contributed by atoms with Crippen molar-refractivity contribution in [1.29, 1.82) is 0 Å². The van der Waals surface area contributed by atoms with Crippen molar-refractivity contribution in [2.75, 3.05) is 24.7 Å². The smallest absolute Gasteiger partial charge is 0.338 e. The van der Waals surface area contributed by atoms with Crippen LogP contribution in [0, 0.1) is 0 Å². The first-order chi connectivity index (χ1) is 12.5. The van der Waals surface area contributed by atoms with Gasteiger partial charge in [-0.3, -0.25) is 9.59 Å². The SMILES string of the molecule is CCNC(=O)c1cccc(NC(=O)COC(=O)c2ccc(SC)cc2)c1. The van der Waals surface area contributed by atoms with Gasteiger partial charge < -0.3 is 15.4 Å². The van der Waals surface area contributed by atoms with Gasteiger partial charge in [-0.15, -0.1) is 11.8 Å². The van der Waals surface area contributed by atoms with Gasteiger partial charge in [0, 0.05) is 22.7 Å². The maximum atomic E-state index is 12.0. The van der Waals surface area contributed by atoms with Crippen LogP contribution in [0.25, 0.3) is 0 Å². The van der Waals surface area contributed by atoms with Crippen LogP contribution in [0.4, 0.5) is 5.69 Å². The van der Waals surface area contributed by atoms with Gasteiger partial charge in [0.15, 0.2) is 6.61 Å². The van der Waals surface area contributed by atoms with Crippen LogP contribution in [-0.4, -0.2) is 37.2 Å². The van der Waals surface area contributed by atoms with Crippen molar-refractivity contribution < 1.29 is 19.1 Å². The van der Waals surface area contributed by atoms with Crippen molar-refractivity contribution in [3.8, 4) is 0 Å². The molecule has 0 atom stereocenters. The molecule has 0 aliphatic rings. The van der Waals surface area contributed by atoms with Crippen LogP contribution < -0.4 is 10.6 Å². The summed E-state index contributed by atoms with van der Waals surface area (Å²) in [5, 5.41) is 5.29. The van der Waals surface area contributed by atoms with Crippen LogP contribution in [0.3, 0.4) is 0 Å². The number of benzene rings is 2. The van der Waals surface area contributed by atoms with E-state index in [1.165, 1.54) is 0 Å². The topological polar surface area (TPSA) is 84.5 Å². The second kappa shape index (κ2) is 9.62. The first kappa shape index (κ1) is 19.5. The predicted octanol–water partition coefficient (Wildman–Crippen LogP) is 2.95. The third-order valence-corrected chi connectivity index (χ3v) is 4.15. The lowest BCUT2D eigenvalue weighted by Gasteiger charge is -2.08. The van der Waals surface area contributed by atoms with Crippen LogP contribution in [0.2, 0.25) is 0 Å². The highest BCUT2D eigenvalue weighted by atomic mass is 32.2. The zero-order valence-electron chi connectivity index (χ0n) is 14.6. The molecule has 0 aliphatic heterocycles. The number of nitrogens with one attached hydrogen (secondary N) is 2. The minimum absolute atomic E-state index is 0.219. The van der Waals surface area contributed by atoms with Crippen LogP contribution in [0.1, 0.15) is 27.6 Å². The number of hydrogen-bond acceptors (Lipinski definition) is 5. The molecule has 0 saturated heterocycles. The van der Waals surface area contributed by atoms with Crippen LogP contribution in [0.5, 0.6) is 0 Å². The molecule has 2 rings (SSSR count). The van der Waals surface area contributed by atoms with Crippen LogP contribution in [-0.2, 0) is 9.53 Å². The molecule has 6 nitrogen and oxygen atoms in total. The summed E-state index contributed by atoms with van der Waals surface area (Å²) in [6, 6.07) is 13.5. The molecule has 0 aromatic heterocycles. The maximum Gasteiger partial charge on any atom is 0.338 e. The molecule has 0 radical (unpaired) electrons. The number of ether oxygens (including phenoxy) is 1. The summed E-state index contributed by atoms with van der Waals surface area (Å²) in [6.45, 7) is 1.93. The minimum atomic E-state index is -0.566. The van der Waals surface area contributed by atoms with Gasteiger partial charge in [-0.2, -0.15) is 0 Å². The van der Waals surface area contributed by atoms with E-state index in [1.54, 1.807) is 48.2 Å². The Morgan fingerprint density at radius 2 is 1.77 bits per heavy atom. The Kier molecular flexibility index (Phi) is 7.23. The van der Waals surface area contributed by atoms with E-state index in [0.717, 1.165) is 4.90 Å². The van der Waals surface area contributed by atoms with Gasteiger partial charge >= 0.3 is 5.97 Å². The summed E-state index contributed by atoms with van der Waals surface area (Å²) in [5.41, 5.74) is 1.28. The molecular formula is C19H20N2O4S. The van der Waals surface area contributed by atoms with E-state index in [-0.39, 0.29) is 5.91 Å². The van der Waals surface area contributed by atoms with Crippen molar-refractivity contribution in [3.05, 3.63) is 59.7 Å². The van der Waals surface area contributed by atoms with Gasteiger partial charge in [-0.05, 0) is 55.6 Å². The fourth-order valence-electron chi connectivity index (χ4n) is 2.14. The zero-order chi connectivity index (χ0) is 18.9. The molecule has 2 amide bonds. The van der Waals surface area contributed by atoms with Gasteiger partial charge in [-0.25, -0.2) is 4.79 Å². The molecule has 0 saturated carbocycles. The molecule has 2 aromatic carbocycles. The summed E-state index contributed by atoms with van der Waals surface area (Å²) in [5.74, 6) is -1.26. The normalized spacial score (nSPS) is 10.1. The largest absolute Gasteiger partial charge is 0.452 e. The molecule has 2 N–H and O–H groups in total. The van der Waals surface area contributed by atoms with E-state index in [2.05, 4.69) is 10.6 Å². The molecule has 0 heterocycles. The number of thioether (sulfide) groups is 1. The van der Waals surface area contributed by atoms with Gasteiger partial charge in [-0.1, -0.05) is 6.07 Å². The molecule has 7 heteroatoms. The van der Waals surface area contributed by atoms with Gasteiger partial charge in [0.2, 0.25) is 0 Å². The Bertz CT molecular complexity index is 790. The van der Waals surface area contributed by atoms with Crippen molar-refractivity contribution in [2.45, 2.75) is 11.8 Å². The highest BCUT2D eigenvalue weighted by Crippen LogP contribution is 2.15. The predicted molar refractivity (Wildman–Crippen MR) is 102 cm³/mol. The number of carbonyl (C=O) groups excluding carboxylic acids is 3. The molecule has 0 unspecified atom stereocenters. The molecule has 0 aliphatic carbocycles. The van der Waals surface area contributed by atoms with Crippen LogP contribution >= 0.6 is 11.8 Å². The molecule has 0 fully saturated rings. The molecule has 136 valence electrons. The Hall–Kier alpha value is -2.80. The molecule has 2 aromatic rings. The number of anilines is 1.